The average Bonchev–Trinajstić information content (AvgIpc) is 0.804. The maximum absolute atomic E-state index is 13.2. The second kappa shape index (κ2) is 61.8. The number of halogens is 12. The predicted octanol–water partition coefficient (Wildman–Crippen LogP) is 3.11. The van der Waals surface area contributed by atoms with Gasteiger partial charge in [0.15, 0.2) is 0 Å². The monoisotopic (exact) mass is 3030 g/mol. The van der Waals surface area contributed by atoms with Crippen LogP contribution in [0.25, 0.3) is 0 Å². The van der Waals surface area contributed by atoms with Crippen LogP contribution in [0.3, 0.4) is 0 Å². The molecule has 0 saturated heterocycles. The van der Waals surface area contributed by atoms with Gasteiger partial charge >= 0.3 is 5.97 Å². The molecule has 8 unspecified atom stereocenters. The first-order valence-corrected chi connectivity index (χ1v) is 48.0. The zero-order valence-corrected chi connectivity index (χ0v) is 90.1. The molecule has 0 aliphatic heterocycles. The van der Waals surface area contributed by atoms with E-state index in [9.17, 15) is 94.4 Å². The van der Waals surface area contributed by atoms with Gasteiger partial charge in [-0.15, -0.1) is 0 Å². The summed E-state index contributed by atoms with van der Waals surface area (Å²) in [6.45, 7) is 7.78. The summed E-state index contributed by atoms with van der Waals surface area (Å²) in [5.74, 6) is -4.63. The summed E-state index contributed by atoms with van der Waals surface area (Å²) in [6.07, 6.45) is -2.03. The fourth-order valence-electron chi connectivity index (χ4n) is 9.52. The minimum atomic E-state index is -1.10. The van der Waals surface area contributed by atoms with Crippen molar-refractivity contribution in [2.75, 3.05) is 91.4 Å². The maximum atomic E-state index is 13.2. The number of hydroxylamine groups is 2. The van der Waals surface area contributed by atoms with E-state index < -0.39 is 166 Å². The number of carbonyl (C=O) groups is 9. The molecule has 0 radical (unpaired) electrons. The van der Waals surface area contributed by atoms with Crippen molar-refractivity contribution in [1.82, 2.24) is 53.5 Å². The molecular formula is C69H94I12N12O26. The third-order valence-corrected chi connectivity index (χ3v) is 30.1. The molecule has 0 aromatic heterocycles. The molecule has 119 heavy (non-hydrogen) atoms. The molecule has 0 aliphatic carbocycles. The van der Waals surface area contributed by atoms with E-state index >= 15 is 0 Å². The van der Waals surface area contributed by atoms with E-state index in [1.807, 2.05) is 285 Å². The second-order valence-corrected chi connectivity index (χ2v) is 37.7. The Morgan fingerprint density at radius 1 is 0.378 bits per heavy atom. The van der Waals surface area contributed by atoms with Crippen LogP contribution in [0.2, 0.25) is 0 Å². The van der Waals surface area contributed by atoms with Crippen LogP contribution < -0.4 is 59.2 Å². The predicted molar refractivity (Wildman–Crippen MR) is 536 cm³/mol. The van der Waals surface area contributed by atoms with E-state index in [2.05, 4.69) is 53.5 Å². The number of aliphatic hydroxyl groups excluding tert-OH is 13. The smallest absolute Gasteiger partial charge is 0.302 e. The number of rotatable bonds is 39. The fourth-order valence-corrected chi connectivity index (χ4v) is 27.5. The number of isocyanates is 1. The summed E-state index contributed by atoms with van der Waals surface area (Å²) >= 11 is 23.4. The molecule has 4 aromatic carbocycles. The van der Waals surface area contributed by atoms with Crippen LogP contribution in [0.1, 0.15) is 179 Å². The Kier molecular flexibility index (Phi) is 61.5. The van der Waals surface area contributed by atoms with E-state index in [1.54, 1.807) is 27.7 Å². The first kappa shape index (κ1) is 118. The number of anilines is 1. The molecule has 28 N–H and O–H groups in total. The lowest BCUT2D eigenvalue weighted by Crippen LogP contribution is -2.42. The number of hydrogen-bond donors (Lipinski definition) is 27. The van der Waals surface area contributed by atoms with Crippen molar-refractivity contribution in [2.45, 2.75) is 141 Å². The highest BCUT2D eigenvalue weighted by molar-refractivity contribution is 14.1. The highest BCUT2D eigenvalue weighted by Crippen LogP contribution is 2.40. The van der Waals surface area contributed by atoms with Gasteiger partial charge in [0.2, 0.25) is 6.08 Å². The van der Waals surface area contributed by atoms with Gasteiger partial charge in [-0.3, -0.25) is 43.2 Å². The number of nitrogens with one attached hydrogen (secondary N) is 11. The van der Waals surface area contributed by atoms with Gasteiger partial charge < -0.3 is 130 Å². The molecule has 0 heterocycles. The standard InChI is InChI=1S/C20H28I3N3O8.C18H26I3N3O6.C15H20I3N3O5.C15H19I3N2O6.CHNO/c1-4-10(5-27)24-19(31)13-15(21)12(18(26-33)8(2)34-9(3)30)16(22)14(17(13)23)20(32)25-11(6-28)7-29;1-3-8(26)5-22-17(28)12-14(19)11(10(4-2)24-30)15(20)13(16(12)21)18(29)23-6-9(27)7-25;1-2-6(3-22)20-14(25)8-10(16)9(12(18)13(19)11(8)17)15(26)21-7(4-23)5-24;1-6-11(16)9(14(25)19-2-7(23)4-21)13(18)10(12(6)17)15(26)20-3-8(24)5-22;2-1-3/h8,10-11,18,26-29,33H,4-7H2,1-3H3,(H,24,31)(H,25,32);8-10,24-27,30H,3-7H2,1-2H3,(H,22,28)(H,23,29);6-7,22-24H,2-5,19H2,1H3,(H,20,25)(H,21,26);7-8,21-24H,2-5H2,1H3,(H,19,25)(H,20,26);2H/t8-,10?,18?;;;;/m0..../s1. The van der Waals surface area contributed by atoms with Crippen LogP contribution in [0.4, 0.5) is 5.69 Å². The van der Waals surface area contributed by atoms with Crippen molar-refractivity contribution in [3.8, 4) is 0 Å². The number of benzene rings is 4. The number of hydrogen-bond acceptors (Lipinski definition) is 30. The van der Waals surface area contributed by atoms with Crippen LogP contribution in [-0.4, -0.2) is 276 Å². The van der Waals surface area contributed by atoms with Gasteiger partial charge in [-0.2, -0.15) is 11.0 Å². The Balaban J connectivity index is 0.00000155. The van der Waals surface area contributed by atoms with Crippen LogP contribution in [-0.2, 0) is 14.3 Å². The fraction of sp³-hybridized carbons (Fsp3) is 0.507. The summed E-state index contributed by atoms with van der Waals surface area (Å²) < 4.78 is 11.1. The van der Waals surface area contributed by atoms with Crippen molar-refractivity contribution in [3.05, 3.63) is 104 Å². The number of nitrogen functional groups attached to an aromatic ring is 1. The Morgan fingerprint density at radius 3 is 0.866 bits per heavy atom. The van der Waals surface area contributed by atoms with Gasteiger partial charge in [-0.1, -0.05) is 27.7 Å². The summed E-state index contributed by atoms with van der Waals surface area (Å²) in [7, 11) is 0. The Labute approximate surface area is 848 Å². The summed E-state index contributed by atoms with van der Waals surface area (Å²) in [4.78, 5) is 122. The Hall–Kier alpha value is -0.630. The summed E-state index contributed by atoms with van der Waals surface area (Å²) in [5.41, 5.74) is 14.2. The Bertz CT molecular complexity index is 3920. The number of ether oxygens (including phenoxy) is 1. The first-order valence-electron chi connectivity index (χ1n) is 35.0. The first-order chi connectivity index (χ1) is 55.9. The molecule has 4 aromatic rings. The van der Waals surface area contributed by atoms with Gasteiger partial charge in [0.1, 0.15) is 6.10 Å². The lowest BCUT2D eigenvalue weighted by atomic mass is 9.96. The highest BCUT2D eigenvalue weighted by Gasteiger charge is 2.37. The Morgan fingerprint density at radius 2 is 0.630 bits per heavy atom. The number of carbonyl (C=O) groups excluding carboxylic acids is 10. The summed E-state index contributed by atoms with van der Waals surface area (Å²) in [6, 6.07) is -4.17. The topological polar surface area (TPSA) is 654 Å². The van der Waals surface area contributed by atoms with Gasteiger partial charge in [0.05, 0.1) is 177 Å². The third kappa shape index (κ3) is 35.6. The molecule has 0 aliphatic rings. The van der Waals surface area contributed by atoms with Crippen LogP contribution in [0, 0.1) is 55.2 Å². The van der Waals surface area contributed by atoms with E-state index in [0.29, 0.717) is 96.5 Å². The van der Waals surface area contributed by atoms with E-state index in [0.717, 1.165) is 11.6 Å². The largest absolute Gasteiger partial charge is 0.461 e. The molecule has 50 heteroatoms. The molecule has 670 valence electrons. The van der Waals surface area contributed by atoms with Crippen molar-refractivity contribution < 1.29 is 129 Å². The molecule has 0 saturated carbocycles. The maximum Gasteiger partial charge on any atom is 0.302 e. The van der Waals surface area contributed by atoms with Crippen molar-refractivity contribution in [1.29, 1.82) is 5.41 Å². The van der Waals surface area contributed by atoms with Crippen LogP contribution >= 0.6 is 271 Å². The minimum Gasteiger partial charge on any atom is -0.461 e. The van der Waals surface area contributed by atoms with Crippen LogP contribution in [0.15, 0.2) is 0 Å². The van der Waals surface area contributed by atoms with E-state index in [-0.39, 0.29) is 72.8 Å². The van der Waals surface area contributed by atoms with Gasteiger partial charge in [0.25, 0.3) is 47.3 Å². The van der Waals surface area contributed by atoms with Crippen molar-refractivity contribution >= 4 is 336 Å². The molecule has 8 amide bonds. The zero-order valence-electron chi connectivity index (χ0n) is 64.2. The lowest BCUT2D eigenvalue weighted by Gasteiger charge is -2.28. The minimum absolute atomic E-state index is 0.0719. The second-order valence-electron chi connectivity index (χ2n) is 24.8. The quantitative estimate of drug-likeness (QED) is 0.00762. The molecular weight excluding hydrogens is 2940 g/mol. The molecule has 4 rings (SSSR count). The lowest BCUT2D eigenvalue weighted by molar-refractivity contribution is -0.148. The van der Waals surface area contributed by atoms with E-state index in [4.69, 9.17) is 46.2 Å². The van der Waals surface area contributed by atoms with E-state index in [1.165, 1.54) is 6.92 Å². The number of amides is 8. The SMILES string of the molecule is CCC(CO)NC(=O)c1c(I)c(C(=O)NC(CO)CO)c(I)c(C(NO)[C@H](C)OC(C)=O)c1I.CCC(CO)NC(=O)c1c(I)c(N)c(I)c(C(=O)NC(CO)CO)c1I.CCC(O)CNC(=O)c1c(I)c(C(=O)NCC(O)CO)c(I)c(C(CC)NO)c1I.Cc1c(I)c(C(=O)NCC(O)CO)c(I)c(C(=O)NCC(O)CO)c1I.N=C=O. The van der Waals surface area contributed by atoms with Gasteiger partial charge in [0, 0.05) is 74.4 Å². The molecule has 9 atom stereocenters. The van der Waals surface area contributed by atoms with Gasteiger partial charge in [-0.25, -0.2) is 10.2 Å². The highest BCUT2D eigenvalue weighted by atomic mass is 127. The van der Waals surface area contributed by atoms with Crippen molar-refractivity contribution in [2.24, 2.45) is 0 Å². The molecule has 38 nitrogen and oxygen atoms in total. The van der Waals surface area contributed by atoms with Crippen molar-refractivity contribution in [3.63, 3.8) is 0 Å². The number of aliphatic hydroxyl groups is 13. The number of nitrogens with two attached hydrogens (primary N) is 1. The summed E-state index contributed by atoms with van der Waals surface area (Å²) in [5, 5.41) is 166. The molecule has 0 spiro atoms. The van der Waals surface area contributed by atoms with Crippen LogP contribution in [0.5, 0.6) is 0 Å². The molecule has 0 bridgehead atoms. The number of esters is 1. The molecule has 0 fully saturated rings. The normalized spacial score (nSPS) is 13.1. The third-order valence-electron chi connectivity index (χ3n) is 16.3. The van der Waals surface area contributed by atoms with Gasteiger partial charge in [-0.05, 0) is 322 Å². The zero-order chi connectivity index (χ0) is 91.9. The average molecular weight is 3030 g/mol.